The van der Waals surface area contributed by atoms with Crippen molar-refractivity contribution in [3.63, 3.8) is 0 Å². The van der Waals surface area contributed by atoms with Crippen molar-refractivity contribution in [3.05, 3.63) is 53.2 Å². The van der Waals surface area contributed by atoms with E-state index in [-0.39, 0.29) is 6.10 Å². The van der Waals surface area contributed by atoms with Crippen molar-refractivity contribution < 1.29 is 4.74 Å². The molecule has 3 heteroatoms. The van der Waals surface area contributed by atoms with Crippen molar-refractivity contribution in [2.24, 2.45) is 0 Å². The Bertz CT molecular complexity index is 595. The lowest BCUT2D eigenvalue weighted by Gasteiger charge is -2.25. The summed E-state index contributed by atoms with van der Waals surface area (Å²) in [6.07, 6.45) is 3.46. The van der Waals surface area contributed by atoms with Crippen LogP contribution >= 0.6 is 0 Å². The Morgan fingerprint density at radius 2 is 2.05 bits per heavy atom. The van der Waals surface area contributed by atoms with Crippen molar-refractivity contribution in [1.29, 1.82) is 0 Å². The molecule has 1 aromatic heterocycles. The molecular formula is C16H18N2O. The van der Waals surface area contributed by atoms with Gasteiger partial charge < -0.3 is 10.5 Å². The Labute approximate surface area is 113 Å². The smallest absolute Gasteiger partial charge is 0.214 e. The normalized spacial score (nSPS) is 17.8. The van der Waals surface area contributed by atoms with E-state index in [1.54, 1.807) is 0 Å². The summed E-state index contributed by atoms with van der Waals surface area (Å²) in [6, 6.07) is 12.2. The summed E-state index contributed by atoms with van der Waals surface area (Å²) in [5.74, 6) is 0.661. The van der Waals surface area contributed by atoms with Gasteiger partial charge >= 0.3 is 0 Å². The highest BCUT2D eigenvalue weighted by Crippen LogP contribution is 2.33. The summed E-state index contributed by atoms with van der Waals surface area (Å²) in [7, 11) is 0. The van der Waals surface area contributed by atoms with Gasteiger partial charge in [0, 0.05) is 6.07 Å². The second-order valence-electron chi connectivity index (χ2n) is 5.02. The third kappa shape index (κ3) is 2.41. The van der Waals surface area contributed by atoms with Gasteiger partial charge in [-0.15, -0.1) is 0 Å². The Morgan fingerprint density at radius 1 is 1.21 bits per heavy atom. The zero-order valence-electron chi connectivity index (χ0n) is 11.1. The number of benzene rings is 1. The number of hydrogen-bond donors (Lipinski definition) is 1. The lowest BCUT2D eigenvalue weighted by atomic mass is 9.89. The molecule has 98 valence electrons. The number of pyridine rings is 1. The minimum absolute atomic E-state index is 0.112. The molecule has 3 rings (SSSR count). The van der Waals surface area contributed by atoms with Gasteiger partial charge in [-0.25, -0.2) is 4.98 Å². The lowest BCUT2D eigenvalue weighted by molar-refractivity contribution is 0.175. The van der Waals surface area contributed by atoms with Crippen LogP contribution in [0.5, 0.6) is 5.88 Å². The first-order chi connectivity index (χ1) is 9.24. The molecule has 0 saturated heterocycles. The molecule has 1 aliphatic carbocycles. The fourth-order valence-corrected chi connectivity index (χ4v) is 2.59. The van der Waals surface area contributed by atoms with E-state index >= 15 is 0 Å². The van der Waals surface area contributed by atoms with E-state index in [1.165, 1.54) is 11.1 Å². The number of ether oxygens (including phenoxy) is 1. The van der Waals surface area contributed by atoms with Crippen LogP contribution in [0.4, 0.5) is 5.69 Å². The van der Waals surface area contributed by atoms with Gasteiger partial charge in [-0.1, -0.05) is 24.3 Å². The summed E-state index contributed by atoms with van der Waals surface area (Å²) in [5.41, 5.74) is 10.00. The predicted molar refractivity (Wildman–Crippen MR) is 76.1 cm³/mol. The van der Waals surface area contributed by atoms with Gasteiger partial charge in [-0.05, 0) is 43.4 Å². The zero-order chi connectivity index (χ0) is 13.2. The number of anilines is 1. The van der Waals surface area contributed by atoms with E-state index in [0.717, 1.165) is 25.0 Å². The standard InChI is InChI=1S/C16H18N2O/c1-11-14(17)9-10-16(18-11)19-15-8-4-6-12-5-2-3-7-13(12)15/h2-3,5,7,9-10,15H,4,6,8,17H2,1H3. The summed E-state index contributed by atoms with van der Waals surface area (Å²) in [6.45, 7) is 1.90. The van der Waals surface area contributed by atoms with E-state index < -0.39 is 0 Å². The van der Waals surface area contributed by atoms with Gasteiger partial charge in [0.05, 0.1) is 11.4 Å². The van der Waals surface area contributed by atoms with E-state index in [2.05, 4.69) is 29.2 Å². The van der Waals surface area contributed by atoms with Crippen molar-refractivity contribution in [2.75, 3.05) is 5.73 Å². The first kappa shape index (κ1) is 12.0. The zero-order valence-corrected chi connectivity index (χ0v) is 11.1. The lowest BCUT2D eigenvalue weighted by Crippen LogP contribution is -2.15. The number of fused-ring (bicyclic) bond motifs is 1. The molecule has 3 nitrogen and oxygen atoms in total. The maximum Gasteiger partial charge on any atom is 0.214 e. The highest BCUT2D eigenvalue weighted by atomic mass is 16.5. The van der Waals surface area contributed by atoms with Crippen LogP contribution in [-0.4, -0.2) is 4.98 Å². The quantitative estimate of drug-likeness (QED) is 0.893. The minimum Gasteiger partial charge on any atom is -0.469 e. The second kappa shape index (κ2) is 4.92. The molecule has 2 aromatic rings. The fourth-order valence-electron chi connectivity index (χ4n) is 2.59. The van der Waals surface area contributed by atoms with Gasteiger partial charge in [0.15, 0.2) is 0 Å². The first-order valence-corrected chi connectivity index (χ1v) is 6.71. The van der Waals surface area contributed by atoms with E-state index in [0.29, 0.717) is 11.6 Å². The fraction of sp³-hybridized carbons (Fsp3) is 0.312. The summed E-state index contributed by atoms with van der Waals surface area (Å²) in [5, 5.41) is 0. The Balaban J connectivity index is 1.86. The maximum absolute atomic E-state index is 6.05. The largest absolute Gasteiger partial charge is 0.469 e. The van der Waals surface area contributed by atoms with Gasteiger partial charge in [0.1, 0.15) is 6.10 Å². The molecule has 0 amide bonds. The Kier molecular flexibility index (Phi) is 3.11. The van der Waals surface area contributed by atoms with Crippen molar-refractivity contribution in [2.45, 2.75) is 32.3 Å². The number of aryl methyl sites for hydroxylation is 2. The third-order valence-corrected chi connectivity index (χ3v) is 3.68. The highest BCUT2D eigenvalue weighted by Gasteiger charge is 2.21. The maximum atomic E-state index is 6.05. The van der Waals surface area contributed by atoms with E-state index in [4.69, 9.17) is 10.5 Å². The van der Waals surface area contributed by atoms with Crippen LogP contribution in [0.2, 0.25) is 0 Å². The van der Waals surface area contributed by atoms with Crippen LogP contribution in [0.25, 0.3) is 0 Å². The molecule has 0 saturated carbocycles. The van der Waals surface area contributed by atoms with Crippen LogP contribution in [0.15, 0.2) is 36.4 Å². The highest BCUT2D eigenvalue weighted by molar-refractivity contribution is 5.43. The molecule has 0 fully saturated rings. The van der Waals surface area contributed by atoms with Crippen LogP contribution in [-0.2, 0) is 6.42 Å². The second-order valence-corrected chi connectivity index (χ2v) is 5.02. The van der Waals surface area contributed by atoms with Crippen LogP contribution in [0.3, 0.4) is 0 Å². The molecule has 0 bridgehead atoms. The number of nitrogens with zero attached hydrogens (tertiary/aromatic N) is 1. The predicted octanol–water partition coefficient (Wildman–Crippen LogP) is 3.43. The molecule has 0 aliphatic heterocycles. The third-order valence-electron chi connectivity index (χ3n) is 3.68. The average Bonchev–Trinajstić information content (AvgIpc) is 2.43. The van der Waals surface area contributed by atoms with E-state index in [9.17, 15) is 0 Å². The molecule has 19 heavy (non-hydrogen) atoms. The summed E-state index contributed by atoms with van der Waals surface area (Å²) >= 11 is 0. The number of aromatic nitrogens is 1. The molecule has 0 radical (unpaired) electrons. The summed E-state index contributed by atoms with van der Waals surface area (Å²) < 4.78 is 6.05. The molecule has 1 aromatic carbocycles. The Morgan fingerprint density at radius 3 is 2.89 bits per heavy atom. The average molecular weight is 254 g/mol. The van der Waals surface area contributed by atoms with Gasteiger partial charge in [0.25, 0.3) is 0 Å². The molecule has 1 heterocycles. The first-order valence-electron chi connectivity index (χ1n) is 6.71. The summed E-state index contributed by atoms with van der Waals surface area (Å²) in [4.78, 5) is 4.39. The van der Waals surface area contributed by atoms with Crippen molar-refractivity contribution in [1.82, 2.24) is 4.98 Å². The molecule has 1 atom stereocenters. The van der Waals surface area contributed by atoms with Gasteiger partial charge in [-0.3, -0.25) is 0 Å². The Hall–Kier alpha value is -2.03. The number of rotatable bonds is 2. The van der Waals surface area contributed by atoms with Gasteiger partial charge in [-0.2, -0.15) is 0 Å². The topological polar surface area (TPSA) is 48.1 Å². The van der Waals surface area contributed by atoms with Crippen molar-refractivity contribution >= 4 is 5.69 Å². The minimum atomic E-state index is 0.112. The van der Waals surface area contributed by atoms with Crippen LogP contribution in [0, 0.1) is 6.92 Å². The molecule has 2 N–H and O–H groups in total. The molecule has 1 aliphatic rings. The van der Waals surface area contributed by atoms with Crippen molar-refractivity contribution in [3.8, 4) is 5.88 Å². The number of nitrogens with two attached hydrogens (primary N) is 1. The SMILES string of the molecule is Cc1nc(OC2CCCc3ccccc32)ccc1N. The number of hydrogen-bond acceptors (Lipinski definition) is 3. The molecule has 0 spiro atoms. The molecular weight excluding hydrogens is 236 g/mol. The molecule has 1 unspecified atom stereocenters. The monoisotopic (exact) mass is 254 g/mol. The van der Waals surface area contributed by atoms with Crippen LogP contribution in [0.1, 0.15) is 35.8 Å². The van der Waals surface area contributed by atoms with Crippen LogP contribution < -0.4 is 10.5 Å². The van der Waals surface area contributed by atoms with E-state index in [1.807, 2.05) is 19.1 Å². The number of nitrogen functional groups attached to an aromatic ring is 1. The van der Waals surface area contributed by atoms with Gasteiger partial charge in [0.2, 0.25) is 5.88 Å².